The van der Waals surface area contributed by atoms with Crippen LogP contribution in [-0.2, 0) is 0 Å². The number of hydrogen-bond acceptors (Lipinski definition) is 4. The molecule has 0 spiro atoms. The molecule has 1 aliphatic rings. The first-order chi connectivity index (χ1) is 11.8. The molecule has 0 aromatic heterocycles. The van der Waals surface area contributed by atoms with Crippen LogP contribution in [0.25, 0.3) is 0 Å². The maximum absolute atomic E-state index is 13.0. The molecule has 0 unspecified atom stereocenters. The van der Waals surface area contributed by atoms with Crippen LogP contribution in [0.5, 0.6) is 0 Å². The van der Waals surface area contributed by atoms with E-state index in [9.17, 15) is 28.1 Å². The average Bonchev–Trinajstić information content (AvgIpc) is 2.56. The summed E-state index contributed by atoms with van der Waals surface area (Å²) in [5.74, 6) is -0.789. The van der Waals surface area contributed by atoms with Gasteiger partial charge in [0.25, 0.3) is 11.6 Å². The van der Waals surface area contributed by atoms with E-state index in [2.05, 4.69) is 5.32 Å². The van der Waals surface area contributed by atoms with Crippen molar-refractivity contribution in [2.75, 3.05) is 11.9 Å². The van der Waals surface area contributed by atoms with Gasteiger partial charge in [0.05, 0.1) is 10.5 Å². The van der Waals surface area contributed by atoms with Crippen LogP contribution in [0.4, 0.5) is 24.5 Å². The summed E-state index contributed by atoms with van der Waals surface area (Å²) in [6.45, 7) is -1.47. The zero-order valence-electron chi connectivity index (χ0n) is 12.7. The van der Waals surface area contributed by atoms with Gasteiger partial charge in [0.1, 0.15) is 12.7 Å². The van der Waals surface area contributed by atoms with Gasteiger partial charge in [0.2, 0.25) is 0 Å². The SMILES string of the molecule is O=C1c2ccccc2N[C@@H](c2cccc([N+](=O)[O-])c2)N1CC(F)(F)F. The van der Waals surface area contributed by atoms with Crippen molar-refractivity contribution in [3.05, 3.63) is 69.8 Å². The van der Waals surface area contributed by atoms with Crippen molar-refractivity contribution in [1.82, 2.24) is 4.90 Å². The molecule has 1 atom stereocenters. The Morgan fingerprint density at radius 3 is 2.56 bits per heavy atom. The molecule has 0 aliphatic carbocycles. The van der Waals surface area contributed by atoms with E-state index in [1.54, 1.807) is 18.2 Å². The van der Waals surface area contributed by atoms with E-state index in [-0.39, 0.29) is 16.8 Å². The van der Waals surface area contributed by atoms with Crippen LogP contribution in [0.15, 0.2) is 48.5 Å². The summed E-state index contributed by atoms with van der Waals surface area (Å²) in [6.07, 6.45) is -5.77. The Morgan fingerprint density at radius 2 is 1.88 bits per heavy atom. The van der Waals surface area contributed by atoms with Gasteiger partial charge in [0.15, 0.2) is 0 Å². The van der Waals surface area contributed by atoms with E-state index < -0.39 is 29.7 Å². The zero-order chi connectivity index (χ0) is 18.2. The van der Waals surface area contributed by atoms with Gasteiger partial charge in [-0.3, -0.25) is 14.9 Å². The Kier molecular flexibility index (Phi) is 4.07. The summed E-state index contributed by atoms with van der Waals surface area (Å²) >= 11 is 0. The van der Waals surface area contributed by atoms with Crippen molar-refractivity contribution in [3.8, 4) is 0 Å². The number of nitrogens with zero attached hydrogens (tertiary/aromatic N) is 2. The molecule has 0 saturated carbocycles. The smallest absolute Gasteiger partial charge is 0.361 e. The Bertz CT molecular complexity index is 839. The highest BCUT2D eigenvalue weighted by atomic mass is 19.4. The topological polar surface area (TPSA) is 75.5 Å². The van der Waals surface area contributed by atoms with E-state index in [1.165, 1.54) is 24.3 Å². The summed E-state index contributed by atoms with van der Waals surface area (Å²) < 4.78 is 38.9. The number of anilines is 1. The number of benzene rings is 2. The predicted molar refractivity (Wildman–Crippen MR) is 83.0 cm³/mol. The van der Waals surface area contributed by atoms with Crippen molar-refractivity contribution in [2.24, 2.45) is 0 Å². The van der Waals surface area contributed by atoms with Gasteiger partial charge in [0, 0.05) is 23.4 Å². The summed E-state index contributed by atoms with van der Waals surface area (Å²) in [5, 5.41) is 13.8. The Morgan fingerprint density at radius 1 is 1.16 bits per heavy atom. The molecule has 1 amide bonds. The fourth-order valence-electron chi connectivity index (χ4n) is 2.72. The number of para-hydroxylation sites is 1. The predicted octanol–water partition coefficient (Wildman–Crippen LogP) is 3.72. The van der Waals surface area contributed by atoms with Gasteiger partial charge in [-0.05, 0) is 12.1 Å². The highest BCUT2D eigenvalue weighted by molar-refractivity contribution is 6.01. The molecular weight excluding hydrogens is 339 g/mol. The van der Waals surface area contributed by atoms with Crippen molar-refractivity contribution < 1.29 is 22.9 Å². The third-order valence-corrected chi connectivity index (χ3v) is 3.77. The first kappa shape index (κ1) is 16.7. The van der Waals surface area contributed by atoms with Gasteiger partial charge >= 0.3 is 6.18 Å². The number of nitro benzene ring substituents is 1. The average molecular weight is 351 g/mol. The number of hydrogen-bond donors (Lipinski definition) is 1. The maximum Gasteiger partial charge on any atom is 0.406 e. The molecule has 0 fully saturated rings. The van der Waals surface area contributed by atoms with Gasteiger partial charge in [-0.25, -0.2) is 0 Å². The summed E-state index contributed by atoms with van der Waals surface area (Å²) in [6, 6.07) is 11.4. The summed E-state index contributed by atoms with van der Waals surface area (Å²) in [4.78, 5) is 23.5. The van der Waals surface area contributed by atoms with E-state index >= 15 is 0 Å². The van der Waals surface area contributed by atoms with Crippen LogP contribution in [0.3, 0.4) is 0 Å². The van der Waals surface area contributed by atoms with E-state index in [1.807, 2.05) is 0 Å². The lowest BCUT2D eigenvalue weighted by Gasteiger charge is -2.38. The van der Waals surface area contributed by atoms with Crippen molar-refractivity contribution in [3.63, 3.8) is 0 Å². The number of nitro groups is 1. The van der Waals surface area contributed by atoms with Crippen molar-refractivity contribution in [1.29, 1.82) is 0 Å². The van der Waals surface area contributed by atoms with Gasteiger partial charge < -0.3 is 10.2 Å². The monoisotopic (exact) mass is 351 g/mol. The van der Waals surface area contributed by atoms with Crippen LogP contribution < -0.4 is 5.32 Å². The van der Waals surface area contributed by atoms with E-state index in [0.717, 1.165) is 6.07 Å². The molecule has 1 N–H and O–H groups in total. The van der Waals surface area contributed by atoms with Gasteiger partial charge in [-0.1, -0.05) is 24.3 Å². The first-order valence-corrected chi connectivity index (χ1v) is 7.24. The molecule has 0 radical (unpaired) electrons. The molecule has 25 heavy (non-hydrogen) atoms. The summed E-state index contributed by atoms with van der Waals surface area (Å²) in [5.41, 5.74) is 0.426. The lowest BCUT2D eigenvalue weighted by Crippen LogP contribution is -2.47. The Balaban J connectivity index is 2.07. The van der Waals surface area contributed by atoms with Crippen molar-refractivity contribution in [2.45, 2.75) is 12.3 Å². The minimum absolute atomic E-state index is 0.119. The third kappa shape index (κ3) is 3.39. The number of fused-ring (bicyclic) bond motifs is 1. The molecule has 2 aromatic rings. The number of carbonyl (C=O) groups excluding carboxylic acids is 1. The fraction of sp³-hybridized carbons (Fsp3) is 0.188. The molecular formula is C16H12F3N3O3. The van der Waals surface area contributed by atoms with Gasteiger partial charge in [-0.2, -0.15) is 13.2 Å². The number of halogens is 3. The quantitative estimate of drug-likeness (QED) is 0.675. The van der Waals surface area contributed by atoms with E-state index in [0.29, 0.717) is 10.6 Å². The van der Waals surface area contributed by atoms with Crippen LogP contribution in [0.2, 0.25) is 0 Å². The molecule has 130 valence electrons. The lowest BCUT2D eigenvalue weighted by atomic mass is 10.0. The number of amides is 1. The molecule has 1 aliphatic heterocycles. The molecule has 3 rings (SSSR count). The van der Waals surface area contributed by atoms with Crippen molar-refractivity contribution >= 4 is 17.3 Å². The largest absolute Gasteiger partial charge is 0.406 e. The number of non-ortho nitro benzene ring substituents is 1. The second-order valence-corrected chi connectivity index (χ2v) is 5.49. The van der Waals surface area contributed by atoms with Crippen LogP contribution >= 0.6 is 0 Å². The van der Waals surface area contributed by atoms with Crippen LogP contribution in [0.1, 0.15) is 22.1 Å². The Hall–Kier alpha value is -3.10. The third-order valence-electron chi connectivity index (χ3n) is 3.77. The maximum atomic E-state index is 13.0. The minimum Gasteiger partial charge on any atom is -0.361 e. The number of rotatable bonds is 3. The van der Waals surface area contributed by atoms with E-state index in [4.69, 9.17) is 0 Å². The second kappa shape index (κ2) is 6.08. The van der Waals surface area contributed by atoms with Crippen LogP contribution in [-0.4, -0.2) is 28.5 Å². The molecule has 6 nitrogen and oxygen atoms in total. The lowest BCUT2D eigenvalue weighted by molar-refractivity contribution is -0.384. The highest BCUT2D eigenvalue weighted by Gasteiger charge is 2.40. The Labute approximate surface area is 140 Å². The molecule has 1 heterocycles. The summed E-state index contributed by atoms with van der Waals surface area (Å²) in [7, 11) is 0. The molecule has 0 bridgehead atoms. The highest BCUT2D eigenvalue weighted by Crippen LogP contribution is 2.35. The minimum atomic E-state index is -4.61. The number of alkyl halides is 3. The number of nitrogens with one attached hydrogen (secondary N) is 1. The molecule has 0 saturated heterocycles. The second-order valence-electron chi connectivity index (χ2n) is 5.49. The molecule has 2 aromatic carbocycles. The molecule has 9 heteroatoms. The van der Waals surface area contributed by atoms with Crippen LogP contribution in [0, 0.1) is 10.1 Å². The number of carbonyl (C=O) groups is 1. The fourth-order valence-corrected chi connectivity index (χ4v) is 2.72. The first-order valence-electron chi connectivity index (χ1n) is 7.24. The zero-order valence-corrected chi connectivity index (χ0v) is 12.7. The normalized spacial score (nSPS) is 17.0. The standard InChI is InChI=1S/C16H12F3N3O3/c17-16(18,19)9-21-14(10-4-3-5-11(8-10)22(24)25)20-13-7-2-1-6-12(13)15(21)23/h1-8,14,20H,9H2/t14-/m1/s1. The van der Waals surface area contributed by atoms with Gasteiger partial charge in [-0.15, -0.1) is 0 Å².